The number of hydrogen-bond donors (Lipinski definition) is 2. The largest absolute Gasteiger partial charge is 0.497 e. The normalized spacial score (nSPS) is 18.2. The summed E-state index contributed by atoms with van der Waals surface area (Å²) in [5, 5.41) is 5.37. The molecule has 6 nitrogen and oxygen atoms in total. The van der Waals surface area contributed by atoms with Crippen LogP contribution in [0.2, 0.25) is 0 Å². The SMILES string of the molecule is COc1cccc(CCNC(=O)C2COCC(=O)N2)c1. The maximum absolute atomic E-state index is 11.8. The van der Waals surface area contributed by atoms with Crippen molar-refractivity contribution in [2.75, 3.05) is 26.9 Å². The number of hydrogen-bond acceptors (Lipinski definition) is 4. The van der Waals surface area contributed by atoms with E-state index in [1.165, 1.54) is 0 Å². The van der Waals surface area contributed by atoms with E-state index in [9.17, 15) is 9.59 Å². The summed E-state index contributed by atoms with van der Waals surface area (Å²) in [5.41, 5.74) is 1.08. The molecule has 0 aromatic heterocycles. The third-order valence-corrected chi connectivity index (χ3v) is 3.02. The van der Waals surface area contributed by atoms with E-state index < -0.39 is 6.04 Å². The van der Waals surface area contributed by atoms with Crippen molar-refractivity contribution in [1.29, 1.82) is 0 Å². The molecule has 0 saturated carbocycles. The minimum Gasteiger partial charge on any atom is -0.497 e. The fourth-order valence-electron chi connectivity index (χ4n) is 1.97. The predicted octanol–water partition coefficient (Wildman–Crippen LogP) is -0.131. The van der Waals surface area contributed by atoms with Crippen LogP contribution in [0.1, 0.15) is 5.56 Å². The van der Waals surface area contributed by atoms with Crippen molar-refractivity contribution in [3.05, 3.63) is 29.8 Å². The van der Waals surface area contributed by atoms with Gasteiger partial charge in [-0.2, -0.15) is 0 Å². The van der Waals surface area contributed by atoms with Crippen molar-refractivity contribution in [3.8, 4) is 5.75 Å². The maximum atomic E-state index is 11.8. The van der Waals surface area contributed by atoms with Gasteiger partial charge in [0.05, 0.1) is 13.7 Å². The van der Waals surface area contributed by atoms with Gasteiger partial charge in [-0.25, -0.2) is 0 Å². The van der Waals surface area contributed by atoms with E-state index in [1.54, 1.807) is 7.11 Å². The van der Waals surface area contributed by atoms with Gasteiger partial charge in [-0.3, -0.25) is 9.59 Å². The number of methoxy groups -OCH3 is 1. The summed E-state index contributed by atoms with van der Waals surface area (Å²) in [4.78, 5) is 22.9. The summed E-state index contributed by atoms with van der Waals surface area (Å²) in [6, 6.07) is 7.08. The molecule has 0 bridgehead atoms. The molecule has 1 fully saturated rings. The Kier molecular flexibility index (Phi) is 4.95. The van der Waals surface area contributed by atoms with Crippen LogP contribution in [0.4, 0.5) is 0 Å². The molecule has 1 aliphatic heterocycles. The van der Waals surface area contributed by atoms with Crippen molar-refractivity contribution in [3.63, 3.8) is 0 Å². The highest BCUT2D eigenvalue weighted by Gasteiger charge is 2.24. The first-order valence-corrected chi connectivity index (χ1v) is 6.47. The van der Waals surface area contributed by atoms with E-state index in [1.807, 2.05) is 24.3 Å². The van der Waals surface area contributed by atoms with Gasteiger partial charge in [-0.15, -0.1) is 0 Å². The number of morpholine rings is 1. The second-order valence-electron chi connectivity index (χ2n) is 4.53. The Bertz CT molecular complexity index is 490. The molecule has 2 amide bonds. The molecule has 1 atom stereocenters. The number of ether oxygens (including phenoxy) is 2. The molecular weight excluding hydrogens is 260 g/mol. The zero-order valence-electron chi connectivity index (χ0n) is 11.3. The van der Waals surface area contributed by atoms with Gasteiger partial charge in [0.2, 0.25) is 11.8 Å². The van der Waals surface area contributed by atoms with Crippen LogP contribution in [-0.4, -0.2) is 44.7 Å². The number of benzene rings is 1. The first kappa shape index (κ1) is 14.3. The van der Waals surface area contributed by atoms with Crippen LogP contribution in [0, 0.1) is 0 Å². The van der Waals surface area contributed by atoms with Crippen LogP contribution in [0.5, 0.6) is 5.75 Å². The molecule has 108 valence electrons. The van der Waals surface area contributed by atoms with E-state index in [-0.39, 0.29) is 25.0 Å². The summed E-state index contributed by atoms with van der Waals surface area (Å²) in [5.74, 6) is 0.312. The highest BCUT2D eigenvalue weighted by molar-refractivity contribution is 5.89. The molecule has 1 saturated heterocycles. The van der Waals surface area contributed by atoms with Crippen LogP contribution >= 0.6 is 0 Å². The van der Waals surface area contributed by atoms with Crippen molar-refractivity contribution >= 4 is 11.8 Å². The Labute approximate surface area is 117 Å². The predicted molar refractivity (Wildman–Crippen MR) is 72.5 cm³/mol. The lowest BCUT2D eigenvalue weighted by molar-refractivity contribution is -0.138. The van der Waals surface area contributed by atoms with Gasteiger partial charge in [0.25, 0.3) is 0 Å². The standard InChI is InChI=1S/C14H18N2O4/c1-19-11-4-2-3-10(7-11)5-6-15-14(18)12-8-20-9-13(17)16-12/h2-4,7,12H,5-6,8-9H2,1H3,(H,15,18)(H,16,17). The molecule has 0 radical (unpaired) electrons. The number of carbonyl (C=O) groups excluding carboxylic acids is 2. The molecule has 0 spiro atoms. The zero-order chi connectivity index (χ0) is 14.4. The Morgan fingerprint density at radius 3 is 3.15 bits per heavy atom. The first-order valence-electron chi connectivity index (χ1n) is 6.47. The summed E-state index contributed by atoms with van der Waals surface area (Å²) in [6.07, 6.45) is 0.699. The fourth-order valence-corrected chi connectivity index (χ4v) is 1.97. The van der Waals surface area contributed by atoms with E-state index in [2.05, 4.69) is 10.6 Å². The quantitative estimate of drug-likeness (QED) is 0.786. The number of rotatable bonds is 5. The van der Waals surface area contributed by atoms with E-state index in [0.29, 0.717) is 13.0 Å². The zero-order valence-corrected chi connectivity index (χ0v) is 11.3. The average Bonchev–Trinajstić information content (AvgIpc) is 2.47. The van der Waals surface area contributed by atoms with E-state index >= 15 is 0 Å². The minimum absolute atomic E-state index is 0.0214. The van der Waals surface area contributed by atoms with Crippen LogP contribution < -0.4 is 15.4 Å². The first-order chi connectivity index (χ1) is 9.69. The lowest BCUT2D eigenvalue weighted by Gasteiger charge is -2.22. The molecule has 1 heterocycles. The highest BCUT2D eigenvalue weighted by Crippen LogP contribution is 2.12. The fraction of sp³-hybridized carbons (Fsp3) is 0.429. The lowest BCUT2D eigenvalue weighted by Crippen LogP contribution is -2.54. The Hall–Kier alpha value is -2.08. The minimum atomic E-state index is -0.596. The van der Waals surface area contributed by atoms with Crippen LogP contribution in [0.15, 0.2) is 24.3 Å². The third-order valence-electron chi connectivity index (χ3n) is 3.02. The van der Waals surface area contributed by atoms with Crippen molar-refractivity contribution in [2.24, 2.45) is 0 Å². The van der Waals surface area contributed by atoms with Gasteiger partial charge >= 0.3 is 0 Å². The van der Waals surface area contributed by atoms with Gasteiger partial charge in [-0.1, -0.05) is 12.1 Å². The lowest BCUT2D eigenvalue weighted by atomic mass is 10.1. The molecule has 20 heavy (non-hydrogen) atoms. The van der Waals surface area contributed by atoms with Gasteiger partial charge in [-0.05, 0) is 24.1 Å². The van der Waals surface area contributed by atoms with Gasteiger partial charge < -0.3 is 20.1 Å². The van der Waals surface area contributed by atoms with Crippen molar-refractivity contribution in [2.45, 2.75) is 12.5 Å². The van der Waals surface area contributed by atoms with E-state index in [4.69, 9.17) is 9.47 Å². The molecule has 6 heteroatoms. The third kappa shape index (κ3) is 3.96. The molecule has 2 rings (SSSR count). The molecule has 1 aromatic carbocycles. The summed E-state index contributed by atoms with van der Waals surface area (Å²) < 4.78 is 10.2. The number of amides is 2. The maximum Gasteiger partial charge on any atom is 0.246 e. The van der Waals surface area contributed by atoms with Crippen LogP contribution in [0.3, 0.4) is 0 Å². The smallest absolute Gasteiger partial charge is 0.246 e. The van der Waals surface area contributed by atoms with Gasteiger partial charge in [0.1, 0.15) is 18.4 Å². The number of carbonyl (C=O) groups is 2. The molecule has 1 unspecified atom stereocenters. The second kappa shape index (κ2) is 6.91. The van der Waals surface area contributed by atoms with Crippen molar-refractivity contribution in [1.82, 2.24) is 10.6 Å². The van der Waals surface area contributed by atoms with Crippen LogP contribution in [-0.2, 0) is 20.7 Å². The molecule has 1 aliphatic rings. The summed E-state index contributed by atoms with van der Waals surface area (Å²) in [6.45, 7) is 0.739. The summed E-state index contributed by atoms with van der Waals surface area (Å²) in [7, 11) is 1.62. The molecule has 2 N–H and O–H groups in total. The topological polar surface area (TPSA) is 76.7 Å². The molecule has 1 aromatic rings. The van der Waals surface area contributed by atoms with Gasteiger partial charge in [0, 0.05) is 6.54 Å². The monoisotopic (exact) mass is 278 g/mol. The van der Waals surface area contributed by atoms with E-state index in [0.717, 1.165) is 11.3 Å². The molecule has 0 aliphatic carbocycles. The van der Waals surface area contributed by atoms with Crippen LogP contribution in [0.25, 0.3) is 0 Å². The number of nitrogens with one attached hydrogen (secondary N) is 2. The molecular formula is C14H18N2O4. The average molecular weight is 278 g/mol. The Morgan fingerprint density at radius 1 is 1.55 bits per heavy atom. The Morgan fingerprint density at radius 2 is 2.40 bits per heavy atom. The second-order valence-corrected chi connectivity index (χ2v) is 4.53. The Balaban J connectivity index is 1.77. The van der Waals surface area contributed by atoms with Gasteiger partial charge in [0.15, 0.2) is 0 Å². The highest BCUT2D eigenvalue weighted by atomic mass is 16.5. The summed E-state index contributed by atoms with van der Waals surface area (Å²) >= 11 is 0. The van der Waals surface area contributed by atoms with Crippen molar-refractivity contribution < 1.29 is 19.1 Å².